The lowest BCUT2D eigenvalue weighted by Gasteiger charge is -2.29. The van der Waals surface area contributed by atoms with E-state index in [2.05, 4.69) is 177 Å². The summed E-state index contributed by atoms with van der Waals surface area (Å²) in [5, 5.41) is 0.950. The molecule has 0 fully saturated rings. The zero-order valence-electron chi connectivity index (χ0n) is 25.4. The van der Waals surface area contributed by atoms with Gasteiger partial charge < -0.3 is 9.80 Å². The molecule has 0 saturated heterocycles. The van der Waals surface area contributed by atoms with Crippen molar-refractivity contribution < 1.29 is 0 Å². The zero-order valence-corrected chi connectivity index (χ0v) is 26.2. The molecule has 0 saturated carbocycles. The van der Waals surface area contributed by atoms with Crippen molar-refractivity contribution in [3.05, 3.63) is 176 Å². The van der Waals surface area contributed by atoms with E-state index in [0.29, 0.717) is 5.82 Å². The predicted octanol–water partition coefficient (Wildman–Crippen LogP) is 11.4. The minimum Gasteiger partial charge on any atom is -0.310 e. The van der Waals surface area contributed by atoms with Gasteiger partial charge in [-0.15, -0.1) is 11.3 Å². The maximum atomic E-state index is 5.28. The first kappa shape index (κ1) is 28.4. The third-order valence-corrected chi connectivity index (χ3v) is 9.11. The van der Waals surface area contributed by atoms with E-state index in [1.165, 1.54) is 0 Å². The van der Waals surface area contributed by atoms with Crippen LogP contribution in [0.15, 0.2) is 176 Å². The minimum atomic E-state index is 0.707. The van der Waals surface area contributed by atoms with Crippen molar-refractivity contribution in [1.29, 1.82) is 0 Å². The van der Waals surface area contributed by atoms with Crippen molar-refractivity contribution >= 4 is 55.7 Å². The number of nitrogens with zero attached hydrogens (tertiary/aromatic N) is 5. The van der Waals surface area contributed by atoms with E-state index in [-0.39, 0.29) is 0 Å². The van der Waals surface area contributed by atoms with Crippen molar-refractivity contribution in [2.24, 2.45) is 0 Å². The Morgan fingerprint density at radius 2 is 0.894 bits per heavy atom. The number of thiazole rings is 1. The highest BCUT2D eigenvalue weighted by Gasteiger charge is 2.22. The third-order valence-electron chi connectivity index (χ3n) is 7.97. The number of benzene rings is 6. The molecule has 47 heavy (non-hydrogen) atoms. The second-order valence-corrected chi connectivity index (χ2v) is 12.0. The first-order valence-corrected chi connectivity index (χ1v) is 16.3. The third kappa shape index (κ3) is 5.74. The number of anilines is 6. The molecular formula is C41H29N5S. The van der Waals surface area contributed by atoms with Crippen molar-refractivity contribution in [2.45, 2.75) is 0 Å². The number of rotatable bonds is 8. The Morgan fingerprint density at radius 3 is 1.40 bits per heavy atom. The molecule has 0 unspecified atom stereocenters. The second-order valence-electron chi connectivity index (χ2n) is 11.0. The molecule has 0 amide bonds. The Hall–Kier alpha value is -6.11. The van der Waals surface area contributed by atoms with Gasteiger partial charge in [-0.1, -0.05) is 97.1 Å². The fourth-order valence-corrected chi connectivity index (χ4v) is 6.87. The summed E-state index contributed by atoms with van der Waals surface area (Å²) in [5.41, 5.74) is 9.33. The first-order chi connectivity index (χ1) is 23.3. The summed E-state index contributed by atoms with van der Waals surface area (Å²) in [6.07, 6.45) is 3.53. The molecule has 0 radical (unpaired) electrons. The zero-order chi connectivity index (χ0) is 31.4. The van der Waals surface area contributed by atoms with Crippen molar-refractivity contribution in [3.8, 4) is 22.0 Å². The average molecular weight is 624 g/mol. The van der Waals surface area contributed by atoms with Crippen molar-refractivity contribution in [3.63, 3.8) is 0 Å². The molecule has 0 aliphatic carbocycles. The van der Waals surface area contributed by atoms with Crippen LogP contribution < -0.4 is 9.80 Å². The van der Waals surface area contributed by atoms with Crippen LogP contribution in [0.2, 0.25) is 0 Å². The van der Waals surface area contributed by atoms with E-state index in [1.807, 2.05) is 6.07 Å². The summed E-state index contributed by atoms with van der Waals surface area (Å²) in [4.78, 5) is 18.7. The SMILES string of the molecule is c1ccc(N(c2ccccc2)c2cc(N(c3ccccc3)c3ccccc3)c3sc(-c4ccc(-c5ncccn5)cc4)nc3c2)cc1. The predicted molar refractivity (Wildman–Crippen MR) is 195 cm³/mol. The fraction of sp³-hybridized carbons (Fsp3) is 0. The maximum Gasteiger partial charge on any atom is 0.159 e. The van der Waals surface area contributed by atoms with Gasteiger partial charge in [0, 0.05) is 46.3 Å². The van der Waals surface area contributed by atoms with Crippen LogP contribution in [-0.4, -0.2) is 15.0 Å². The van der Waals surface area contributed by atoms with Crippen LogP contribution in [0.3, 0.4) is 0 Å². The Kier molecular flexibility index (Phi) is 7.67. The Balaban J connectivity index is 1.35. The smallest absolute Gasteiger partial charge is 0.159 e. The molecule has 6 heteroatoms. The minimum absolute atomic E-state index is 0.707. The van der Waals surface area contributed by atoms with E-state index < -0.39 is 0 Å². The lowest BCUT2D eigenvalue weighted by Crippen LogP contribution is -2.13. The Labute approximate surface area is 277 Å². The standard InChI is InChI=1S/C41H29N5S/c1-5-14-32(15-6-1)45(33-16-7-2-8-17-33)36-28-37-39(38(29-36)46(34-18-9-3-10-19-34)35-20-11-4-12-21-35)47-41(44-37)31-24-22-30(23-25-31)40-42-26-13-27-43-40/h1-29H. The average Bonchev–Trinajstić information content (AvgIpc) is 3.59. The summed E-state index contributed by atoms with van der Waals surface area (Å²) >= 11 is 1.71. The van der Waals surface area contributed by atoms with Gasteiger partial charge >= 0.3 is 0 Å². The molecule has 0 spiro atoms. The van der Waals surface area contributed by atoms with Gasteiger partial charge in [0.05, 0.1) is 21.6 Å². The second kappa shape index (κ2) is 12.7. The van der Waals surface area contributed by atoms with Crippen LogP contribution in [0, 0.1) is 0 Å². The van der Waals surface area contributed by atoms with Gasteiger partial charge in [-0.05, 0) is 66.7 Å². The molecule has 2 aromatic heterocycles. The summed E-state index contributed by atoms with van der Waals surface area (Å²) in [5.74, 6) is 0.707. The summed E-state index contributed by atoms with van der Waals surface area (Å²) in [7, 11) is 0. The van der Waals surface area contributed by atoms with Crippen LogP contribution in [0.25, 0.3) is 32.2 Å². The molecule has 0 aliphatic rings. The quantitative estimate of drug-likeness (QED) is 0.168. The van der Waals surface area contributed by atoms with Gasteiger partial charge in [-0.3, -0.25) is 0 Å². The number of fused-ring (bicyclic) bond motifs is 1. The van der Waals surface area contributed by atoms with Gasteiger partial charge in [-0.25, -0.2) is 15.0 Å². The molecule has 5 nitrogen and oxygen atoms in total. The molecule has 0 bridgehead atoms. The van der Waals surface area contributed by atoms with Gasteiger partial charge in [0.25, 0.3) is 0 Å². The maximum absolute atomic E-state index is 5.28. The van der Waals surface area contributed by atoms with E-state index in [4.69, 9.17) is 4.98 Å². The Morgan fingerprint density at radius 1 is 0.426 bits per heavy atom. The summed E-state index contributed by atoms with van der Waals surface area (Å²) in [6, 6.07) is 56.8. The van der Waals surface area contributed by atoms with E-state index >= 15 is 0 Å². The molecular weight excluding hydrogens is 595 g/mol. The lowest BCUT2D eigenvalue weighted by molar-refractivity contribution is 1.18. The normalized spacial score (nSPS) is 11.0. The molecule has 0 atom stereocenters. The molecule has 6 aromatic carbocycles. The summed E-state index contributed by atoms with van der Waals surface area (Å²) < 4.78 is 1.10. The van der Waals surface area contributed by atoms with Crippen molar-refractivity contribution in [1.82, 2.24) is 15.0 Å². The van der Waals surface area contributed by atoms with Crippen LogP contribution in [0.4, 0.5) is 34.1 Å². The highest BCUT2D eigenvalue weighted by Crippen LogP contribution is 2.47. The largest absolute Gasteiger partial charge is 0.310 e. The molecule has 224 valence electrons. The van der Waals surface area contributed by atoms with Crippen molar-refractivity contribution in [2.75, 3.05) is 9.80 Å². The number of aromatic nitrogens is 3. The summed E-state index contributed by atoms with van der Waals surface area (Å²) in [6.45, 7) is 0. The molecule has 8 aromatic rings. The first-order valence-electron chi connectivity index (χ1n) is 15.4. The highest BCUT2D eigenvalue weighted by atomic mass is 32.1. The number of hydrogen-bond donors (Lipinski definition) is 0. The number of hydrogen-bond acceptors (Lipinski definition) is 6. The van der Waals surface area contributed by atoms with Gasteiger partial charge in [0.1, 0.15) is 5.01 Å². The fourth-order valence-electron chi connectivity index (χ4n) is 5.81. The topological polar surface area (TPSA) is 45.2 Å². The highest BCUT2D eigenvalue weighted by molar-refractivity contribution is 7.22. The Bertz CT molecular complexity index is 2140. The molecule has 8 rings (SSSR count). The van der Waals surface area contributed by atoms with Gasteiger partial charge in [-0.2, -0.15) is 0 Å². The monoisotopic (exact) mass is 623 g/mol. The van der Waals surface area contributed by atoms with E-state index in [9.17, 15) is 0 Å². The van der Waals surface area contributed by atoms with Gasteiger partial charge in [0.15, 0.2) is 5.82 Å². The van der Waals surface area contributed by atoms with Crippen LogP contribution >= 0.6 is 11.3 Å². The molecule has 2 heterocycles. The van der Waals surface area contributed by atoms with Crippen LogP contribution in [-0.2, 0) is 0 Å². The number of para-hydroxylation sites is 4. The van der Waals surface area contributed by atoms with Crippen LogP contribution in [0.1, 0.15) is 0 Å². The molecule has 0 aliphatic heterocycles. The lowest BCUT2D eigenvalue weighted by atomic mass is 10.1. The van der Waals surface area contributed by atoms with Gasteiger partial charge in [0.2, 0.25) is 0 Å². The van der Waals surface area contributed by atoms with E-state index in [1.54, 1.807) is 23.7 Å². The molecule has 0 N–H and O–H groups in total. The van der Waals surface area contributed by atoms with Crippen LogP contribution in [0.5, 0.6) is 0 Å². The van der Waals surface area contributed by atoms with E-state index in [0.717, 1.165) is 60.5 Å².